The molecule has 0 amide bonds. The van der Waals surface area contributed by atoms with Gasteiger partial charge in [-0.05, 0) is 6.07 Å². The molecule has 0 aliphatic heterocycles. The number of fused-ring (bicyclic) bond motifs is 1. The van der Waals surface area contributed by atoms with Crippen molar-refractivity contribution in [1.29, 1.82) is 0 Å². The molecule has 0 unspecified atom stereocenters. The second kappa shape index (κ2) is 5.12. The highest BCUT2D eigenvalue weighted by atomic mass is 32.1. The Labute approximate surface area is 122 Å². The summed E-state index contributed by atoms with van der Waals surface area (Å²) in [4.78, 5) is 27.8. The van der Waals surface area contributed by atoms with Gasteiger partial charge in [0.1, 0.15) is 0 Å². The van der Waals surface area contributed by atoms with E-state index in [2.05, 4.69) is 4.98 Å². The SMILES string of the molecule is O=C(c1nc(CO)cs1)c1cn(C(=O)O)c2ccccc12. The molecular weight excluding hydrogens is 292 g/mol. The topological polar surface area (TPSA) is 92.4 Å². The minimum absolute atomic E-state index is 0.229. The predicted molar refractivity (Wildman–Crippen MR) is 76.8 cm³/mol. The van der Waals surface area contributed by atoms with Crippen molar-refractivity contribution in [3.8, 4) is 0 Å². The first-order valence-electron chi connectivity index (χ1n) is 6.05. The van der Waals surface area contributed by atoms with Crippen LogP contribution in [0.1, 0.15) is 21.1 Å². The number of rotatable bonds is 3. The van der Waals surface area contributed by atoms with Gasteiger partial charge in [0.05, 0.1) is 23.4 Å². The third-order valence-electron chi connectivity index (χ3n) is 3.07. The van der Waals surface area contributed by atoms with Gasteiger partial charge in [0.15, 0.2) is 5.01 Å². The van der Waals surface area contributed by atoms with E-state index in [1.807, 2.05) is 0 Å². The largest absolute Gasteiger partial charge is 0.464 e. The van der Waals surface area contributed by atoms with Gasteiger partial charge in [-0.25, -0.2) is 9.78 Å². The van der Waals surface area contributed by atoms with Crippen molar-refractivity contribution in [3.63, 3.8) is 0 Å². The first kappa shape index (κ1) is 13.5. The second-order valence-corrected chi connectivity index (χ2v) is 5.20. The summed E-state index contributed by atoms with van der Waals surface area (Å²) in [6.07, 6.45) is 0.149. The van der Waals surface area contributed by atoms with Crippen LogP contribution in [-0.2, 0) is 6.61 Å². The molecule has 7 heteroatoms. The first-order chi connectivity index (χ1) is 10.1. The van der Waals surface area contributed by atoms with E-state index in [4.69, 9.17) is 5.11 Å². The predicted octanol–water partition coefficient (Wildman–Crippen LogP) is 2.35. The molecule has 6 nitrogen and oxygen atoms in total. The van der Waals surface area contributed by atoms with Crippen LogP contribution in [0.2, 0.25) is 0 Å². The first-order valence-corrected chi connectivity index (χ1v) is 6.93. The summed E-state index contributed by atoms with van der Waals surface area (Å²) in [6, 6.07) is 6.79. The number of carboxylic acid groups (broad SMARTS) is 1. The zero-order valence-electron chi connectivity index (χ0n) is 10.7. The van der Waals surface area contributed by atoms with Gasteiger partial charge in [0.2, 0.25) is 5.78 Å². The van der Waals surface area contributed by atoms with Crippen molar-refractivity contribution in [3.05, 3.63) is 52.1 Å². The number of aliphatic hydroxyl groups excluding tert-OH is 1. The minimum atomic E-state index is -1.15. The number of hydrogen-bond acceptors (Lipinski definition) is 5. The van der Waals surface area contributed by atoms with Crippen LogP contribution in [0.4, 0.5) is 4.79 Å². The molecule has 2 aromatic heterocycles. The summed E-state index contributed by atoms with van der Waals surface area (Å²) >= 11 is 1.13. The maximum Gasteiger partial charge on any atom is 0.416 e. The Morgan fingerprint density at radius 3 is 2.71 bits per heavy atom. The summed E-state index contributed by atoms with van der Waals surface area (Å²) in [6.45, 7) is -0.235. The summed E-state index contributed by atoms with van der Waals surface area (Å²) < 4.78 is 1.02. The molecule has 2 N–H and O–H groups in total. The van der Waals surface area contributed by atoms with E-state index in [-0.39, 0.29) is 23.0 Å². The van der Waals surface area contributed by atoms with Crippen molar-refractivity contribution in [2.75, 3.05) is 0 Å². The fourth-order valence-electron chi connectivity index (χ4n) is 2.12. The minimum Gasteiger partial charge on any atom is -0.464 e. The van der Waals surface area contributed by atoms with Gasteiger partial charge in [0, 0.05) is 17.0 Å². The molecule has 1 aromatic carbocycles. The van der Waals surface area contributed by atoms with Crippen molar-refractivity contribution in [1.82, 2.24) is 9.55 Å². The number of aromatic nitrogens is 2. The highest BCUT2D eigenvalue weighted by molar-refractivity contribution is 7.12. The highest BCUT2D eigenvalue weighted by Crippen LogP contribution is 2.25. The Kier molecular flexibility index (Phi) is 3.28. The third kappa shape index (κ3) is 2.22. The normalized spacial score (nSPS) is 10.9. The van der Waals surface area contributed by atoms with Crippen LogP contribution in [0.3, 0.4) is 0 Å². The molecular formula is C14H10N2O4S. The molecule has 21 heavy (non-hydrogen) atoms. The van der Waals surface area contributed by atoms with Crippen LogP contribution in [-0.4, -0.2) is 31.6 Å². The molecule has 0 radical (unpaired) electrons. The van der Waals surface area contributed by atoms with Gasteiger partial charge in [-0.1, -0.05) is 18.2 Å². The van der Waals surface area contributed by atoms with Crippen molar-refractivity contribution < 1.29 is 19.8 Å². The average Bonchev–Trinajstić information content (AvgIpc) is 3.11. The molecule has 0 saturated carbocycles. The molecule has 3 rings (SSSR count). The number of nitrogens with zero attached hydrogens (tertiary/aromatic N) is 2. The Balaban J connectivity index is 2.16. The van der Waals surface area contributed by atoms with Crippen molar-refractivity contribution in [2.24, 2.45) is 0 Å². The van der Waals surface area contributed by atoms with E-state index in [0.29, 0.717) is 16.6 Å². The molecule has 0 atom stereocenters. The number of thiazole rings is 1. The molecule has 106 valence electrons. The van der Waals surface area contributed by atoms with Gasteiger partial charge in [-0.3, -0.25) is 9.36 Å². The average molecular weight is 302 g/mol. The van der Waals surface area contributed by atoms with Gasteiger partial charge >= 0.3 is 6.09 Å². The number of hydrogen-bond donors (Lipinski definition) is 2. The second-order valence-electron chi connectivity index (χ2n) is 4.34. The lowest BCUT2D eigenvalue weighted by Gasteiger charge is -1.95. The summed E-state index contributed by atoms with van der Waals surface area (Å²) in [5.41, 5.74) is 1.16. The highest BCUT2D eigenvalue weighted by Gasteiger charge is 2.21. The smallest absolute Gasteiger partial charge is 0.416 e. The molecule has 0 fully saturated rings. The van der Waals surface area contributed by atoms with Crippen LogP contribution in [0, 0.1) is 0 Å². The summed E-state index contributed by atoms with van der Waals surface area (Å²) in [5, 5.41) is 20.6. The van der Waals surface area contributed by atoms with E-state index < -0.39 is 6.09 Å². The maximum atomic E-state index is 12.5. The number of aliphatic hydroxyl groups is 1. The zero-order valence-corrected chi connectivity index (χ0v) is 11.5. The Hall–Kier alpha value is -2.51. The summed E-state index contributed by atoms with van der Waals surface area (Å²) in [7, 11) is 0. The van der Waals surface area contributed by atoms with Gasteiger partial charge in [0.25, 0.3) is 0 Å². The van der Waals surface area contributed by atoms with Crippen molar-refractivity contribution in [2.45, 2.75) is 6.61 Å². The number of carbonyl (C=O) groups excluding carboxylic acids is 1. The monoisotopic (exact) mass is 302 g/mol. The van der Waals surface area contributed by atoms with E-state index in [9.17, 15) is 14.7 Å². The number of ketones is 1. The Morgan fingerprint density at radius 2 is 2.05 bits per heavy atom. The fraction of sp³-hybridized carbons (Fsp3) is 0.0714. The number of para-hydroxylation sites is 1. The standard InChI is InChI=1S/C14H10N2O4S/c17-6-8-7-21-13(15-8)12(18)10-5-16(14(19)20)11-4-2-1-3-9(10)11/h1-5,7,17H,6H2,(H,19,20). The van der Waals surface area contributed by atoms with Crippen molar-refractivity contribution >= 4 is 34.1 Å². The van der Waals surface area contributed by atoms with E-state index >= 15 is 0 Å². The van der Waals surface area contributed by atoms with E-state index in [1.54, 1.807) is 29.6 Å². The van der Waals surface area contributed by atoms with Crippen LogP contribution < -0.4 is 0 Å². The Morgan fingerprint density at radius 1 is 1.29 bits per heavy atom. The van der Waals surface area contributed by atoms with Crippen LogP contribution in [0.15, 0.2) is 35.8 Å². The molecule has 0 aliphatic carbocycles. The fourth-order valence-corrected chi connectivity index (χ4v) is 2.88. The summed E-state index contributed by atoms with van der Waals surface area (Å²) in [5.74, 6) is -0.351. The van der Waals surface area contributed by atoms with Crippen LogP contribution in [0.5, 0.6) is 0 Å². The third-order valence-corrected chi connectivity index (χ3v) is 3.96. The quantitative estimate of drug-likeness (QED) is 0.724. The van der Waals surface area contributed by atoms with Crippen LogP contribution >= 0.6 is 11.3 Å². The zero-order chi connectivity index (χ0) is 15.0. The van der Waals surface area contributed by atoms with E-state index in [1.165, 1.54) is 6.20 Å². The molecule has 0 aliphatic rings. The van der Waals surface area contributed by atoms with Gasteiger partial charge in [-0.2, -0.15) is 0 Å². The van der Waals surface area contributed by atoms with Gasteiger partial charge in [-0.15, -0.1) is 11.3 Å². The maximum absolute atomic E-state index is 12.5. The number of carbonyl (C=O) groups is 2. The number of benzene rings is 1. The van der Waals surface area contributed by atoms with E-state index in [0.717, 1.165) is 15.9 Å². The molecule has 3 aromatic rings. The molecule has 0 saturated heterocycles. The van der Waals surface area contributed by atoms with Gasteiger partial charge < -0.3 is 10.2 Å². The molecule has 0 spiro atoms. The molecule has 2 heterocycles. The Bertz CT molecular complexity index is 850. The molecule has 0 bridgehead atoms. The lowest BCUT2D eigenvalue weighted by Crippen LogP contribution is -2.06. The lowest BCUT2D eigenvalue weighted by atomic mass is 10.1. The lowest BCUT2D eigenvalue weighted by molar-refractivity contribution is 0.103. The van der Waals surface area contributed by atoms with Crippen LogP contribution in [0.25, 0.3) is 10.9 Å².